The fourth-order valence-electron chi connectivity index (χ4n) is 0.893. The van der Waals surface area contributed by atoms with E-state index < -0.39 is 12.0 Å². The maximum Gasteiger partial charge on any atom is 0.328 e. The Bertz CT molecular complexity index is 225. The highest BCUT2D eigenvalue weighted by Gasteiger charge is 2.27. The SMILES string of the molecule is COC(=O)C1CC(=O)NC(=S)N1. The Morgan fingerprint density at radius 1 is 1.75 bits per heavy atom. The van der Waals surface area contributed by atoms with E-state index >= 15 is 0 Å². The molecule has 0 aromatic heterocycles. The number of thiocarbonyl (C=S) groups is 1. The molecule has 0 spiro atoms. The van der Waals surface area contributed by atoms with Crippen LogP contribution in [-0.4, -0.2) is 30.1 Å². The zero-order valence-corrected chi connectivity index (χ0v) is 7.23. The average molecular weight is 188 g/mol. The molecule has 1 rings (SSSR count). The van der Waals surface area contributed by atoms with Crippen LogP contribution in [0.3, 0.4) is 0 Å². The van der Waals surface area contributed by atoms with Crippen molar-refractivity contribution in [2.45, 2.75) is 12.5 Å². The summed E-state index contributed by atoms with van der Waals surface area (Å²) in [5, 5.41) is 5.15. The Balaban J connectivity index is 2.61. The number of carbonyl (C=O) groups excluding carboxylic acids is 2. The highest BCUT2D eigenvalue weighted by molar-refractivity contribution is 7.80. The number of nitrogens with one attached hydrogen (secondary N) is 2. The number of hydrogen-bond donors (Lipinski definition) is 2. The molecule has 0 aromatic rings. The molecule has 6 heteroatoms. The smallest absolute Gasteiger partial charge is 0.328 e. The number of amides is 1. The Hall–Kier alpha value is -1.17. The Morgan fingerprint density at radius 3 is 2.92 bits per heavy atom. The third-order valence-corrected chi connectivity index (χ3v) is 1.65. The number of ether oxygens (including phenoxy) is 1. The molecule has 2 N–H and O–H groups in total. The Kier molecular flexibility index (Phi) is 2.59. The van der Waals surface area contributed by atoms with Crippen LogP contribution in [0.4, 0.5) is 0 Å². The lowest BCUT2D eigenvalue weighted by Gasteiger charge is -2.22. The predicted molar refractivity (Wildman–Crippen MR) is 44.3 cm³/mol. The van der Waals surface area contributed by atoms with Gasteiger partial charge in [-0.25, -0.2) is 4.79 Å². The van der Waals surface area contributed by atoms with Gasteiger partial charge in [0.15, 0.2) is 5.11 Å². The first kappa shape index (κ1) is 8.92. The molecule has 5 nitrogen and oxygen atoms in total. The molecule has 1 aliphatic heterocycles. The normalized spacial score (nSPS) is 22.6. The minimum absolute atomic E-state index is 0.0623. The summed E-state index contributed by atoms with van der Waals surface area (Å²) in [5.74, 6) is -0.749. The van der Waals surface area contributed by atoms with Crippen LogP contribution in [0.15, 0.2) is 0 Å². The van der Waals surface area contributed by atoms with Gasteiger partial charge in [0.05, 0.1) is 13.5 Å². The van der Waals surface area contributed by atoms with E-state index in [1.165, 1.54) is 7.11 Å². The van der Waals surface area contributed by atoms with Crippen LogP contribution in [0.25, 0.3) is 0 Å². The van der Waals surface area contributed by atoms with Gasteiger partial charge in [0.1, 0.15) is 6.04 Å². The number of hydrogen-bond acceptors (Lipinski definition) is 4. The van der Waals surface area contributed by atoms with Crippen LogP contribution in [-0.2, 0) is 14.3 Å². The third-order valence-electron chi connectivity index (χ3n) is 1.43. The van der Waals surface area contributed by atoms with E-state index in [2.05, 4.69) is 27.6 Å². The maximum atomic E-state index is 10.9. The van der Waals surface area contributed by atoms with Crippen molar-refractivity contribution in [1.82, 2.24) is 10.6 Å². The zero-order valence-electron chi connectivity index (χ0n) is 6.42. The fraction of sp³-hybridized carbons (Fsp3) is 0.500. The second-order valence-corrected chi connectivity index (χ2v) is 2.71. The van der Waals surface area contributed by atoms with Gasteiger partial charge in [-0.1, -0.05) is 0 Å². The van der Waals surface area contributed by atoms with Crippen LogP contribution in [0, 0.1) is 0 Å². The van der Waals surface area contributed by atoms with Gasteiger partial charge in [-0.3, -0.25) is 4.79 Å². The van der Waals surface area contributed by atoms with E-state index in [9.17, 15) is 9.59 Å². The van der Waals surface area contributed by atoms with Gasteiger partial charge in [0.2, 0.25) is 5.91 Å². The fourth-order valence-corrected chi connectivity index (χ4v) is 1.15. The van der Waals surface area contributed by atoms with E-state index in [4.69, 9.17) is 0 Å². The lowest BCUT2D eigenvalue weighted by molar-refractivity contribution is -0.144. The second-order valence-electron chi connectivity index (χ2n) is 2.30. The summed E-state index contributed by atoms with van der Waals surface area (Å²) >= 11 is 4.68. The maximum absolute atomic E-state index is 10.9. The van der Waals surface area contributed by atoms with Crippen LogP contribution >= 0.6 is 12.2 Å². The lowest BCUT2D eigenvalue weighted by Crippen LogP contribution is -2.55. The van der Waals surface area contributed by atoms with Crippen molar-refractivity contribution in [3.8, 4) is 0 Å². The number of rotatable bonds is 1. The lowest BCUT2D eigenvalue weighted by atomic mass is 10.2. The Morgan fingerprint density at radius 2 is 2.42 bits per heavy atom. The van der Waals surface area contributed by atoms with E-state index in [0.29, 0.717) is 0 Å². The van der Waals surface area contributed by atoms with Gasteiger partial charge in [0, 0.05) is 0 Å². The molecule has 1 aliphatic rings. The van der Waals surface area contributed by atoms with Gasteiger partial charge >= 0.3 is 5.97 Å². The topological polar surface area (TPSA) is 67.4 Å². The van der Waals surface area contributed by atoms with Crippen LogP contribution < -0.4 is 10.6 Å². The summed E-state index contributed by atoms with van der Waals surface area (Å²) in [6.07, 6.45) is 0.0623. The van der Waals surface area contributed by atoms with Crippen LogP contribution in [0.5, 0.6) is 0 Å². The standard InChI is InChI=1S/C6H8N2O3S/c1-11-5(10)3-2-4(9)8-6(12)7-3/h3H,2H2,1H3,(H2,7,8,9,12). The van der Waals surface area contributed by atoms with E-state index in [-0.39, 0.29) is 17.4 Å². The molecule has 1 unspecified atom stereocenters. The summed E-state index contributed by atoms with van der Waals surface area (Å²) in [6.45, 7) is 0. The van der Waals surface area contributed by atoms with Gasteiger partial charge in [-0.2, -0.15) is 0 Å². The summed E-state index contributed by atoms with van der Waals surface area (Å²) in [5.41, 5.74) is 0. The molecule has 0 aromatic carbocycles. The molecule has 0 aliphatic carbocycles. The van der Waals surface area contributed by atoms with Gasteiger partial charge < -0.3 is 15.4 Å². The molecule has 66 valence electrons. The number of esters is 1. The molecule has 1 amide bonds. The van der Waals surface area contributed by atoms with E-state index in [0.717, 1.165) is 0 Å². The molecule has 1 heterocycles. The highest BCUT2D eigenvalue weighted by Crippen LogP contribution is 1.99. The highest BCUT2D eigenvalue weighted by atomic mass is 32.1. The first-order chi connectivity index (χ1) is 5.63. The minimum atomic E-state index is -0.642. The molecule has 0 bridgehead atoms. The van der Waals surface area contributed by atoms with Crippen molar-refractivity contribution in [3.63, 3.8) is 0 Å². The third kappa shape index (κ3) is 1.91. The monoisotopic (exact) mass is 188 g/mol. The Labute approximate surface area is 74.5 Å². The minimum Gasteiger partial charge on any atom is -0.467 e. The number of carbonyl (C=O) groups is 2. The van der Waals surface area contributed by atoms with Gasteiger partial charge in [0.25, 0.3) is 0 Å². The van der Waals surface area contributed by atoms with Gasteiger partial charge in [-0.05, 0) is 12.2 Å². The van der Waals surface area contributed by atoms with Gasteiger partial charge in [-0.15, -0.1) is 0 Å². The largest absolute Gasteiger partial charge is 0.467 e. The van der Waals surface area contributed by atoms with E-state index in [1.807, 2.05) is 0 Å². The predicted octanol–water partition coefficient (Wildman–Crippen LogP) is -1.08. The second kappa shape index (κ2) is 3.48. The molecule has 1 saturated heterocycles. The van der Waals surface area contributed by atoms with Crippen molar-refractivity contribution in [1.29, 1.82) is 0 Å². The molecule has 0 radical (unpaired) electrons. The molecule has 1 atom stereocenters. The molecular formula is C6H8N2O3S. The first-order valence-corrected chi connectivity index (χ1v) is 3.72. The first-order valence-electron chi connectivity index (χ1n) is 3.31. The average Bonchev–Trinajstić information content (AvgIpc) is 2.01. The van der Waals surface area contributed by atoms with E-state index in [1.54, 1.807) is 0 Å². The molecule has 12 heavy (non-hydrogen) atoms. The van der Waals surface area contributed by atoms with Crippen molar-refractivity contribution in [2.75, 3.05) is 7.11 Å². The van der Waals surface area contributed by atoms with Crippen molar-refractivity contribution >= 4 is 29.2 Å². The zero-order chi connectivity index (χ0) is 9.14. The van der Waals surface area contributed by atoms with Crippen LogP contribution in [0.1, 0.15) is 6.42 Å². The summed E-state index contributed by atoms with van der Waals surface area (Å²) in [6, 6.07) is -0.642. The van der Waals surface area contributed by atoms with Crippen LogP contribution in [0.2, 0.25) is 0 Å². The molecule has 0 saturated carbocycles. The molecule has 1 fully saturated rings. The van der Waals surface area contributed by atoms with Crippen molar-refractivity contribution in [2.24, 2.45) is 0 Å². The number of methoxy groups -OCH3 is 1. The quantitative estimate of drug-likeness (QED) is 0.405. The summed E-state index contributed by atoms with van der Waals surface area (Å²) in [4.78, 5) is 21.8. The van der Waals surface area contributed by atoms with Crippen molar-refractivity contribution in [3.05, 3.63) is 0 Å². The van der Waals surface area contributed by atoms with Crippen molar-refractivity contribution < 1.29 is 14.3 Å². The summed E-state index contributed by atoms with van der Waals surface area (Å²) in [7, 11) is 1.26. The molecular weight excluding hydrogens is 180 g/mol. The summed E-state index contributed by atoms with van der Waals surface area (Å²) < 4.78 is 4.45.